The molecule has 7 heteroatoms. The zero-order valence-corrected chi connectivity index (χ0v) is 17.6. The van der Waals surface area contributed by atoms with Gasteiger partial charge in [-0.05, 0) is 44.5 Å². The first-order valence-corrected chi connectivity index (χ1v) is 11.0. The summed E-state index contributed by atoms with van der Waals surface area (Å²) in [6.07, 6.45) is 4.52. The van der Waals surface area contributed by atoms with Gasteiger partial charge in [0.05, 0.1) is 6.04 Å². The number of benzene rings is 1. The number of nitrogens with one attached hydrogen (secondary N) is 2. The number of carbonyl (C=O) groups is 2. The highest BCUT2D eigenvalue weighted by Crippen LogP contribution is 2.17. The predicted octanol–water partition coefficient (Wildman–Crippen LogP) is 1.61. The van der Waals surface area contributed by atoms with Crippen molar-refractivity contribution in [3.8, 4) is 0 Å². The molecule has 2 aliphatic rings. The van der Waals surface area contributed by atoms with Crippen LogP contribution in [0.1, 0.15) is 39.0 Å². The molecule has 2 heterocycles. The summed E-state index contributed by atoms with van der Waals surface area (Å²) in [6, 6.07) is 10.3. The molecule has 2 aliphatic heterocycles. The lowest BCUT2D eigenvalue weighted by molar-refractivity contribution is -0.133. The molecule has 29 heavy (non-hydrogen) atoms. The third-order valence-electron chi connectivity index (χ3n) is 5.90. The Balaban J connectivity index is 1.33. The van der Waals surface area contributed by atoms with Crippen LogP contribution in [0.15, 0.2) is 30.3 Å². The van der Waals surface area contributed by atoms with E-state index in [1.165, 1.54) is 5.69 Å². The molecule has 0 spiro atoms. The van der Waals surface area contributed by atoms with Gasteiger partial charge < -0.3 is 4.90 Å². The number of hydrazine groups is 1. The van der Waals surface area contributed by atoms with Gasteiger partial charge in [0.15, 0.2) is 0 Å². The highest BCUT2D eigenvalue weighted by molar-refractivity contribution is 5.85. The minimum absolute atomic E-state index is 0.0806. The smallest absolute Gasteiger partial charge is 0.255 e. The Morgan fingerprint density at radius 2 is 1.72 bits per heavy atom. The van der Waals surface area contributed by atoms with Crippen molar-refractivity contribution in [1.29, 1.82) is 0 Å². The van der Waals surface area contributed by atoms with Crippen molar-refractivity contribution in [2.75, 3.05) is 50.7 Å². The van der Waals surface area contributed by atoms with E-state index in [1.807, 2.05) is 6.07 Å². The van der Waals surface area contributed by atoms with Crippen LogP contribution in [-0.2, 0) is 9.59 Å². The summed E-state index contributed by atoms with van der Waals surface area (Å²) in [6.45, 7) is 8.58. The fourth-order valence-electron chi connectivity index (χ4n) is 4.25. The second kappa shape index (κ2) is 11.2. The van der Waals surface area contributed by atoms with Crippen LogP contribution in [0.5, 0.6) is 0 Å². The van der Waals surface area contributed by atoms with Gasteiger partial charge in [-0.3, -0.25) is 30.2 Å². The molecule has 160 valence electrons. The summed E-state index contributed by atoms with van der Waals surface area (Å²) >= 11 is 0. The number of carbonyl (C=O) groups excluding carboxylic acids is 2. The zero-order valence-electron chi connectivity index (χ0n) is 17.6. The molecule has 2 saturated heterocycles. The molecular formula is C22H35N5O2. The van der Waals surface area contributed by atoms with Crippen LogP contribution in [0, 0.1) is 0 Å². The van der Waals surface area contributed by atoms with Crippen molar-refractivity contribution in [1.82, 2.24) is 20.7 Å². The molecule has 7 nitrogen and oxygen atoms in total. The Bertz CT molecular complexity index is 644. The van der Waals surface area contributed by atoms with Gasteiger partial charge >= 0.3 is 0 Å². The molecule has 2 amide bonds. The van der Waals surface area contributed by atoms with E-state index >= 15 is 0 Å². The van der Waals surface area contributed by atoms with Gasteiger partial charge in [0.25, 0.3) is 5.91 Å². The van der Waals surface area contributed by atoms with E-state index in [0.717, 1.165) is 71.5 Å². The number of rotatable bonds is 7. The van der Waals surface area contributed by atoms with Crippen molar-refractivity contribution in [2.45, 2.75) is 45.1 Å². The van der Waals surface area contributed by atoms with Crippen molar-refractivity contribution in [3.63, 3.8) is 0 Å². The van der Waals surface area contributed by atoms with Crippen LogP contribution < -0.4 is 15.8 Å². The maximum absolute atomic E-state index is 12.5. The highest BCUT2D eigenvalue weighted by atomic mass is 16.2. The Morgan fingerprint density at radius 1 is 0.966 bits per heavy atom. The summed E-state index contributed by atoms with van der Waals surface area (Å²) in [5.41, 5.74) is 6.52. The third kappa shape index (κ3) is 6.44. The van der Waals surface area contributed by atoms with Crippen molar-refractivity contribution in [2.24, 2.45) is 0 Å². The number of piperidine rings is 1. The summed E-state index contributed by atoms with van der Waals surface area (Å²) in [7, 11) is 0. The largest absolute Gasteiger partial charge is 0.369 e. The van der Waals surface area contributed by atoms with E-state index < -0.39 is 0 Å². The first kappa shape index (κ1) is 21.6. The Morgan fingerprint density at radius 3 is 2.45 bits per heavy atom. The minimum Gasteiger partial charge on any atom is -0.369 e. The van der Waals surface area contributed by atoms with Gasteiger partial charge in [0.2, 0.25) is 5.91 Å². The van der Waals surface area contributed by atoms with E-state index in [1.54, 1.807) is 0 Å². The minimum atomic E-state index is -0.123. The molecule has 2 N–H and O–H groups in total. The van der Waals surface area contributed by atoms with Gasteiger partial charge in [-0.1, -0.05) is 31.5 Å². The lowest BCUT2D eigenvalue weighted by Crippen LogP contribution is -2.54. The number of para-hydroxylation sites is 1. The average molecular weight is 402 g/mol. The first-order valence-electron chi connectivity index (χ1n) is 11.0. The van der Waals surface area contributed by atoms with Crippen LogP contribution in [0.3, 0.4) is 0 Å². The zero-order chi connectivity index (χ0) is 20.5. The molecule has 1 aromatic carbocycles. The van der Waals surface area contributed by atoms with E-state index in [4.69, 9.17) is 0 Å². The number of hydrogen-bond donors (Lipinski definition) is 2. The number of likely N-dealkylation sites (tertiary alicyclic amines) is 1. The summed E-state index contributed by atoms with van der Waals surface area (Å²) < 4.78 is 0. The van der Waals surface area contributed by atoms with E-state index in [2.05, 4.69) is 56.7 Å². The van der Waals surface area contributed by atoms with Gasteiger partial charge in [0.1, 0.15) is 0 Å². The van der Waals surface area contributed by atoms with Gasteiger partial charge in [-0.15, -0.1) is 0 Å². The first-order chi connectivity index (χ1) is 14.2. The summed E-state index contributed by atoms with van der Waals surface area (Å²) in [4.78, 5) is 31.6. The fraction of sp³-hybridized carbons (Fsp3) is 0.636. The maximum atomic E-state index is 12.5. The molecular weight excluding hydrogens is 366 g/mol. The molecule has 1 unspecified atom stereocenters. The summed E-state index contributed by atoms with van der Waals surface area (Å²) in [5.74, 6) is -0.204. The van der Waals surface area contributed by atoms with Crippen molar-refractivity contribution >= 4 is 17.5 Å². The topological polar surface area (TPSA) is 67.9 Å². The molecule has 0 radical (unpaired) electrons. The number of hydrogen-bond acceptors (Lipinski definition) is 5. The molecule has 1 atom stereocenters. The standard InChI is InChI=1S/C22H35N5O2/c1-2-12-27-13-7-6-10-20(27)22(29)24-23-21(28)11-14-25-15-17-26(18-16-25)19-8-4-3-5-9-19/h3-5,8-9,20H,2,6-7,10-18H2,1H3,(H,23,28)(H,24,29). The molecule has 1 aromatic rings. The predicted molar refractivity (Wildman–Crippen MR) is 116 cm³/mol. The second-order valence-electron chi connectivity index (χ2n) is 8.00. The monoisotopic (exact) mass is 401 g/mol. The molecule has 3 rings (SSSR count). The maximum Gasteiger partial charge on any atom is 0.255 e. The van der Waals surface area contributed by atoms with Crippen molar-refractivity contribution in [3.05, 3.63) is 30.3 Å². The molecule has 0 saturated carbocycles. The van der Waals surface area contributed by atoms with Crippen LogP contribution in [0.2, 0.25) is 0 Å². The van der Waals surface area contributed by atoms with E-state index in [0.29, 0.717) is 6.42 Å². The van der Waals surface area contributed by atoms with Crippen LogP contribution in [0.4, 0.5) is 5.69 Å². The fourth-order valence-corrected chi connectivity index (χ4v) is 4.25. The second-order valence-corrected chi connectivity index (χ2v) is 8.00. The summed E-state index contributed by atoms with van der Waals surface area (Å²) in [5, 5.41) is 0. The molecule has 0 aliphatic carbocycles. The average Bonchev–Trinajstić information content (AvgIpc) is 2.77. The van der Waals surface area contributed by atoms with Crippen LogP contribution in [-0.4, -0.2) is 73.5 Å². The van der Waals surface area contributed by atoms with Crippen LogP contribution >= 0.6 is 0 Å². The quantitative estimate of drug-likeness (QED) is 0.680. The Hall–Kier alpha value is -2.12. The lowest BCUT2D eigenvalue weighted by Gasteiger charge is -2.36. The van der Waals surface area contributed by atoms with Crippen molar-refractivity contribution < 1.29 is 9.59 Å². The number of nitrogens with zero attached hydrogens (tertiary/aromatic N) is 3. The molecule has 2 fully saturated rings. The SMILES string of the molecule is CCCN1CCCCC1C(=O)NNC(=O)CCN1CCN(c2ccccc2)CC1. The van der Waals surface area contributed by atoms with Gasteiger partial charge in [-0.2, -0.15) is 0 Å². The number of amides is 2. The molecule has 0 aromatic heterocycles. The van der Waals surface area contributed by atoms with Crippen LogP contribution in [0.25, 0.3) is 0 Å². The van der Waals surface area contributed by atoms with E-state index in [9.17, 15) is 9.59 Å². The Kier molecular flexibility index (Phi) is 8.31. The third-order valence-corrected chi connectivity index (χ3v) is 5.90. The molecule has 0 bridgehead atoms. The Labute approximate surface area is 174 Å². The normalized spacial score (nSPS) is 21.0. The lowest BCUT2D eigenvalue weighted by atomic mass is 10.0. The number of anilines is 1. The van der Waals surface area contributed by atoms with Gasteiger partial charge in [0, 0.05) is 44.8 Å². The van der Waals surface area contributed by atoms with E-state index in [-0.39, 0.29) is 17.9 Å². The van der Waals surface area contributed by atoms with Gasteiger partial charge in [-0.25, -0.2) is 0 Å². The highest BCUT2D eigenvalue weighted by Gasteiger charge is 2.28. The number of piperazine rings is 1.